The second kappa shape index (κ2) is 6.85. The van der Waals surface area contributed by atoms with E-state index in [1.54, 1.807) is 4.35 Å². The summed E-state index contributed by atoms with van der Waals surface area (Å²) >= 11 is 7.25. The van der Waals surface area contributed by atoms with Crippen molar-refractivity contribution in [3.8, 4) is 0 Å². The molecule has 0 N–H and O–H groups in total. The van der Waals surface area contributed by atoms with E-state index in [0.29, 0.717) is 0 Å². The first-order chi connectivity index (χ1) is 9.64. The molecule has 0 aliphatic rings. The van der Waals surface area contributed by atoms with Crippen LogP contribution in [0.3, 0.4) is 0 Å². The quantitative estimate of drug-likeness (QED) is 0.436. The fourth-order valence-corrected chi connectivity index (χ4v) is 6.80. The van der Waals surface area contributed by atoms with Crippen LogP contribution in [0, 0.1) is 0 Å². The van der Waals surface area contributed by atoms with E-state index in [-0.39, 0.29) is 31.6 Å². The second-order valence-corrected chi connectivity index (χ2v) is 16.7. The first-order valence-corrected chi connectivity index (χ1v) is 11.2. The van der Waals surface area contributed by atoms with Crippen molar-refractivity contribution in [3.63, 3.8) is 0 Å². The Kier molecular flexibility index (Phi) is 6.43. The molecule has 0 amide bonds. The van der Waals surface area contributed by atoms with Gasteiger partial charge in [-0.2, -0.15) is 0 Å². The number of rotatable bonds is 1. The summed E-state index contributed by atoms with van der Waals surface area (Å²) in [5.41, 5.74) is 4.92. The van der Waals surface area contributed by atoms with E-state index in [1.165, 1.54) is 18.8 Å². The predicted molar refractivity (Wildman–Crippen MR) is 111 cm³/mol. The van der Waals surface area contributed by atoms with Crippen LogP contribution in [0.25, 0.3) is 0 Å². The molecule has 0 radical (unpaired) electrons. The first-order valence-electron chi connectivity index (χ1n) is 7.73. The monoisotopic (exact) mass is 490 g/mol. The van der Waals surface area contributed by atoms with Gasteiger partial charge in [-0.25, -0.2) is 0 Å². The van der Waals surface area contributed by atoms with E-state index < -0.39 is 0 Å². The number of hydrogen-bond donors (Lipinski definition) is 0. The van der Waals surface area contributed by atoms with Crippen molar-refractivity contribution >= 4 is 53.6 Å². The molecular formula is C19H29AsBr2. The Labute approximate surface area is 160 Å². The minimum absolute atomic E-state index is 0.0410. The molecule has 1 aromatic rings. The Morgan fingerprint density at radius 1 is 0.727 bits per heavy atom. The van der Waals surface area contributed by atoms with Gasteiger partial charge in [0.2, 0.25) is 0 Å². The number of hydrogen-bond acceptors (Lipinski definition) is 0. The van der Waals surface area contributed by atoms with Gasteiger partial charge in [-0.15, -0.1) is 0 Å². The summed E-state index contributed by atoms with van der Waals surface area (Å²) in [5, 5.41) is 0. The molecule has 0 saturated carbocycles. The number of benzene rings is 1. The topological polar surface area (TPSA) is 0 Å². The molecular weight excluding hydrogens is 463 g/mol. The van der Waals surface area contributed by atoms with E-state index in [1.807, 2.05) is 0 Å². The normalized spacial score (nSPS) is 13.6. The van der Waals surface area contributed by atoms with Gasteiger partial charge in [-0.1, -0.05) is 0 Å². The Morgan fingerprint density at radius 2 is 1.09 bits per heavy atom. The maximum absolute atomic E-state index is 3.65. The molecule has 124 valence electrons. The Balaban J connectivity index is 3.91. The van der Waals surface area contributed by atoms with Crippen LogP contribution in [0.5, 0.6) is 0 Å². The summed E-state index contributed by atoms with van der Waals surface area (Å²) in [4.78, 5) is 0. The van der Waals surface area contributed by atoms with Gasteiger partial charge in [-0.05, 0) is 0 Å². The average Bonchev–Trinajstić information content (AvgIpc) is 2.23. The van der Waals surface area contributed by atoms with Gasteiger partial charge in [-0.3, -0.25) is 0 Å². The van der Waals surface area contributed by atoms with Gasteiger partial charge in [0.15, 0.2) is 0 Å². The molecule has 1 aromatic carbocycles. The van der Waals surface area contributed by atoms with Crippen LogP contribution in [-0.2, 0) is 16.2 Å². The molecule has 0 aromatic heterocycles. The summed E-state index contributed by atoms with van der Waals surface area (Å²) in [6.45, 7) is 20.9. The predicted octanol–water partition coefficient (Wildman–Crippen LogP) is 5.79. The molecule has 0 nitrogen and oxygen atoms in total. The van der Waals surface area contributed by atoms with Crippen molar-refractivity contribution in [2.75, 3.05) is 0 Å². The van der Waals surface area contributed by atoms with Crippen molar-refractivity contribution in [3.05, 3.63) is 28.8 Å². The standard InChI is InChI=1S/C19H29AsBr2/c1-17(2,3)12-10-13(18(4,5)6)15(20-16(21)22)14(11-12)19(7,8)9/h10-11H,1-9H3. The Bertz CT molecular complexity index is 540. The fourth-order valence-electron chi connectivity index (χ4n) is 2.42. The summed E-state index contributed by atoms with van der Waals surface area (Å²) in [5.74, 6) is 0. The molecule has 0 saturated heterocycles. The van der Waals surface area contributed by atoms with Crippen LogP contribution in [-0.4, -0.2) is 17.4 Å². The van der Waals surface area contributed by atoms with Gasteiger partial charge in [0.25, 0.3) is 0 Å². The second-order valence-electron chi connectivity index (χ2n) is 9.02. The third-order valence-electron chi connectivity index (χ3n) is 3.79. The van der Waals surface area contributed by atoms with Crippen LogP contribution in [0.1, 0.15) is 79.0 Å². The summed E-state index contributed by atoms with van der Waals surface area (Å²) < 4.78 is 2.75. The summed E-state index contributed by atoms with van der Waals surface area (Å²) in [6, 6.07) is 4.90. The van der Waals surface area contributed by atoms with E-state index in [9.17, 15) is 0 Å². The van der Waals surface area contributed by atoms with E-state index >= 15 is 0 Å². The van der Waals surface area contributed by atoms with Crippen molar-refractivity contribution in [2.45, 2.75) is 78.6 Å². The SMILES string of the molecule is CC(C)(C)c1cc(C(C)(C)C)c([As]=C(Br)Br)c(C(C)(C)C)c1. The Morgan fingerprint density at radius 3 is 1.32 bits per heavy atom. The molecule has 1 rings (SSSR count). The molecule has 22 heavy (non-hydrogen) atoms. The molecule has 0 aliphatic carbocycles. The van der Waals surface area contributed by atoms with Crippen LogP contribution >= 0.6 is 31.9 Å². The summed E-state index contributed by atoms with van der Waals surface area (Å²) in [6.07, 6.45) is 0. The molecule has 0 heterocycles. The molecule has 3 heteroatoms. The third kappa shape index (κ3) is 5.32. The first kappa shape index (κ1) is 20.7. The molecule has 0 bridgehead atoms. The molecule has 0 fully saturated rings. The van der Waals surface area contributed by atoms with Gasteiger partial charge in [0.1, 0.15) is 0 Å². The zero-order valence-electron chi connectivity index (χ0n) is 15.4. The summed E-state index contributed by atoms with van der Waals surface area (Å²) in [7, 11) is 0. The van der Waals surface area contributed by atoms with Gasteiger partial charge < -0.3 is 0 Å². The third-order valence-corrected chi connectivity index (χ3v) is 7.47. The zero-order valence-corrected chi connectivity index (χ0v) is 20.4. The van der Waals surface area contributed by atoms with Crippen molar-refractivity contribution in [1.29, 1.82) is 0 Å². The van der Waals surface area contributed by atoms with E-state index in [0.717, 1.165) is 0 Å². The molecule has 0 unspecified atom stereocenters. The van der Waals surface area contributed by atoms with Gasteiger partial charge in [0, 0.05) is 0 Å². The van der Waals surface area contributed by atoms with Crippen molar-refractivity contribution in [2.24, 2.45) is 0 Å². The molecule has 0 spiro atoms. The van der Waals surface area contributed by atoms with Crippen LogP contribution in [0.4, 0.5) is 0 Å². The Hall–Kier alpha value is 0.608. The van der Waals surface area contributed by atoms with Crippen molar-refractivity contribution in [1.82, 2.24) is 0 Å². The van der Waals surface area contributed by atoms with Gasteiger partial charge in [0.05, 0.1) is 0 Å². The molecule has 0 aliphatic heterocycles. The zero-order chi connectivity index (χ0) is 17.5. The van der Waals surface area contributed by atoms with Gasteiger partial charge >= 0.3 is 161 Å². The fraction of sp³-hybridized carbons (Fsp3) is 0.632. The van der Waals surface area contributed by atoms with E-state index in [2.05, 4.69) is 106 Å². The van der Waals surface area contributed by atoms with Crippen LogP contribution in [0.15, 0.2) is 12.1 Å². The van der Waals surface area contributed by atoms with E-state index in [4.69, 9.17) is 0 Å². The molecule has 0 atom stereocenters. The average molecular weight is 492 g/mol. The maximum atomic E-state index is 3.65. The van der Waals surface area contributed by atoms with Crippen molar-refractivity contribution < 1.29 is 0 Å². The van der Waals surface area contributed by atoms with Crippen LogP contribution < -0.4 is 4.35 Å². The number of halogens is 2. The van der Waals surface area contributed by atoms with Crippen LogP contribution in [0.2, 0.25) is 0 Å². The minimum atomic E-state index is -0.0410.